The number of hydrogen-bond acceptors (Lipinski definition) is 2. The van der Waals surface area contributed by atoms with Crippen LogP contribution in [0.2, 0.25) is 0 Å². The summed E-state index contributed by atoms with van der Waals surface area (Å²) in [6.07, 6.45) is 1.95. The lowest BCUT2D eigenvalue weighted by molar-refractivity contribution is 0.611. The van der Waals surface area contributed by atoms with Gasteiger partial charge in [0.2, 0.25) is 0 Å². The third kappa shape index (κ3) is 1.07. The molecule has 0 aliphatic heterocycles. The molecule has 0 spiro atoms. The van der Waals surface area contributed by atoms with Crippen LogP contribution in [0.5, 0.6) is 0 Å². The van der Waals surface area contributed by atoms with Gasteiger partial charge in [0, 0.05) is 11.8 Å². The van der Waals surface area contributed by atoms with Gasteiger partial charge in [-0.05, 0) is 12.5 Å². The first-order valence-electron chi connectivity index (χ1n) is 3.14. The molecule has 0 aliphatic rings. The summed E-state index contributed by atoms with van der Waals surface area (Å²) in [6, 6.07) is 1.31. The quantitative estimate of drug-likeness (QED) is 0.639. The van der Waals surface area contributed by atoms with Crippen LogP contribution in [0.3, 0.4) is 0 Å². The lowest BCUT2D eigenvalue weighted by atomic mass is 10.2. The highest BCUT2D eigenvalue weighted by Crippen LogP contribution is 2.12. The van der Waals surface area contributed by atoms with E-state index in [2.05, 4.69) is 4.98 Å². The second-order valence-electron chi connectivity index (χ2n) is 2.01. The number of anilines is 1. The van der Waals surface area contributed by atoms with Crippen LogP contribution in [0.25, 0.3) is 0 Å². The molecule has 1 heterocycles. The molecule has 0 aromatic carbocycles. The normalized spacial score (nSPS) is 9.80. The molecule has 0 amide bonds. The van der Waals surface area contributed by atoms with Crippen LogP contribution in [-0.2, 0) is 6.42 Å². The fourth-order valence-corrected chi connectivity index (χ4v) is 0.834. The van der Waals surface area contributed by atoms with Gasteiger partial charge in [-0.25, -0.2) is 9.37 Å². The minimum Gasteiger partial charge on any atom is -0.383 e. The van der Waals surface area contributed by atoms with E-state index in [1.807, 2.05) is 6.92 Å². The summed E-state index contributed by atoms with van der Waals surface area (Å²) in [5.74, 6) is 0.0255. The van der Waals surface area contributed by atoms with Gasteiger partial charge in [0.15, 0.2) is 0 Å². The van der Waals surface area contributed by atoms with E-state index in [1.165, 1.54) is 12.3 Å². The summed E-state index contributed by atoms with van der Waals surface area (Å²) in [7, 11) is 0. The van der Waals surface area contributed by atoms with Crippen LogP contribution in [0, 0.1) is 5.82 Å². The maximum absolute atomic E-state index is 12.7. The van der Waals surface area contributed by atoms with Crippen molar-refractivity contribution in [2.45, 2.75) is 13.3 Å². The van der Waals surface area contributed by atoms with E-state index in [0.717, 1.165) is 0 Å². The molecular formula is C7H9FN2. The Morgan fingerprint density at radius 2 is 2.40 bits per heavy atom. The Hall–Kier alpha value is -1.12. The fourth-order valence-electron chi connectivity index (χ4n) is 0.834. The molecule has 1 rings (SSSR count). The Labute approximate surface area is 58.9 Å². The first-order chi connectivity index (χ1) is 4.75. The molecular weight excluding hydrogens is 131 g/mol. The van der Waals surface area contributed by atoms with Crippen molar-refractivity contribution >= 4 is 5.82 Å². The van der Waals surface area contributed by atoms with Gasteiger partial charge in [-0.15, -0.1) is 0 Å². The molecule has 0 saturated heterocycles. The molecule has 10 heavy (non-hydrogen) atoms. The van der Waals surface area contributed by atoms with Crippen LogP contribution in [0.1, 0.15) is 12.5 Å². The number of hydrogen-bond donors (Lipinski definition) is 1. The topological polar surface area (TPSA) is 38.9 Å². The molecule has 1 aromatic heterocycles. The van der Waals surface area contributed by atoms with E-state index in [0.29, 0.717) is 17.8 Å². The third-order valence-corrected chi connectivity index (χ3v) is 1.39. The van der Waals surface area contributed by atoms with Crippen LogP contribution < -0.4 is 5.73 Å². The molecule has 54 valence electrons. The fraction of sp³-hybridized carbons (Fsp3) is 0.286. The molecule has 0 aliphatic carbocycles. The van der Waals surface area contributed by atoms with Crippen molar-refractivity contribution in [3.63, 3.8) is 0 Å². The number of rotatable bonds is 1. The van der Waals surface area contributed by atoms with Crippen LogP contribution >= 0.6 is 0 Å². The van der Waals surface area contributed by atoms with Gasteiger partial charge in [-0.3, -0.25) is 0 Å². The maximum atomic E-state index is 12.7. The van der Waals surface area contributed by atoms with E-state index >= 15 is 0 Å². The van der Waals surface area contributed by atoms with Gasteiger partial charge in [0.05, 0.1) is 0 Å². The van der Waals surface area contributed by atoms with E-state index < -0.39 is 0 Å². The molecule has 2 nitrogen and oxygen atoms in total. The Bertz CT molecular complexity index is 215. The molecule has 0 atom stereocenters. The van der Waals surface area contributed by atoms with Crippen molar-refractivity contribution in [2.75, 3.05) is 5.73 Å². The average molecular weight is 140 g/mol. The molecule has 0 unspecified atom stereocenters. The van der Waals surface area contributed by atoms with E-state index in [9.17, 15) is 4.39 Å². The zero-order valence-corrected chi connectivity index (χ0v) is 5.76. The van der Waals surface area contributed by atoms with Gasteiger partial charge >= 0.3 is 0 Å². The van der Waals surface area contributed by atoms with Crippen molar-refractivity contribution in [1.29, 1.82) is 0 Å². The second kappa shape index (κ2) is 2.64. The number of halogens is 1. The van der Waals surface area contributed by atoms with Crippen molar-refractivity contribution in [1.82, 2.24) is 4.98 Å². The third-order valence-electron chi connectivity index (χ3n) is 1.39. The second-order valence-corrected chi connectivity index (χ2v) is 2.01. The Morgan fingerprint density at radius 1 is 1.70 bits per heavy atom. The average Bonchev–Trinajstić information content (AvgIpc) is 1.88. The van der Waals surface area contributed by atoms with Crippen molar-refractivity contribution < 1.29 is 4.39 Å². The SMILES string of the molecule is CCc1c(F)ccnc1N. The number of nitrogens with zero attached hydrogens (tertiary/aromatic N) is 1. The van der Waals surface area contributed by atoms with E-state index in [-0.39, 0.29) is 5.82 Å². The summed E-state index contributed by atoms with van der Waals surface area (Å²) in [5.41, 5.74) is 5.88. The minimum atomic E-state index is -0.269. The highest BCUT2D eigenvalue weighted by Gasteiger charge is 2.02. The van der Waals surface area contributed by atoms with E-state index in [1.54, 1.807) is 0 Å². The predicted molar refractivity (Wildman–Crippen MR) is 38.0 cm³/mol. The summed E-state index contributed by atoms with van der Waals surface area (Å²) in [5, 5.41) is 0. The summed E-state index contributed by atoms with van der Waals surface area (Å²) >= 11 is 0. The van der Waals surface area contributed by atoms with Gasteiger partial charge in [0.1, 0.15) is 11.6 Å². The highest BCUT2D eigenvalue weighted by molar-refractivity contribution is 5.39. The van der Waals surface area contributed by atoms with Gasteiger partial charge < -0.3 is 5.73 Å². The summed E-state index contributed by atoms with van der Waals surface area (Å²) < 4.78 is 12.7. The lowest BCUT2D eigenvalue weighted by Gasteiger charge is -2.00. The van der Waals surface area contributed by atoms with Gasteiger partial charge in [-0.1, -0.05) is 6.92 Å². The molecule has 0 saturated carbocycles. The zero-order valence-electron chi connectivity index (χ0n) is 5.76. The van der Waals surface area contributed by atoms with Crippen molar-refractivity contribution in [3.05, 3.63) is 23.6 Å². The number of nitrogens with two attached hydrogens (primary N) is 1. The van der Waals surface area contributed by atoms with Gasteiger partial charge in [-0.2, -0.15) is 0 Å². The standard InChI is InChI=1S/C7H9FN2/c1-2-5-6(8)3-4-10-7(5)9/h3-4H,2H2,1H3,(H2,9,10). The maximum Gasteiger partial charge on any atom is 0.131 e. The molecule has 3 heteroatoms. The summed E-state index contributed by atoms with van der Waals surface area (Å²) in [4.78, 5) is 3.75. The highest BCUT2D eigenvalue weighted by atomic mass is 19.1. The molecule has 0 fully saturated rings. The molecule has 2 N–H and O–H groups in total. The Kier molecular flexibility index (Phi) is 1.85. The summed E-state index contributed by atoms with van der Waals surface area (Å²) in [6.45, 7) is 1.84. The minimum absolute atomic E-state index is 0.269. The van der Waals surface area contributed by atoms with Crippen LogP contribution in [-0.4, -0.2) is 4.98 Å². The zero-order chi connectivity index (χ0) is 7.56. The molecule has 0 radical (unpaired) electrons. The smallest absolute Gasteiger partial charge is 0.131 e. The van der Waals surface area contributed by atoms with Crippen molar-refractivity contribution in [3.8, 4) is 0 Å². The number of aromatic nitrogens is 1. The first kappa shape index (κ1) is 6.99. The Balaban J connectivity index is 3.17. The molecule has 0 bridgehead atoms. The van der Waals surface area contributed by atoms with E-state index in [4.69, 9.17) is 5.73 Å². The number of pyridine rings is 1. The van der Waals surface area contributed by atoms with Crippen LogP contribution in [0.15, 0.2) is 12.3 Å². The lowest BCUT2D eigenvalue weighted by Crippen LogP contribution is -1.98. The first-order valence-corrected chi connectivity index (χ1v) is 3.14. The number of nitrogen functional groups attached to an aromatic ring is 1. The Morgan fingerprint density at radius 3 is 2.80 bits per heavy atom. The van der Waals surface area contributed by atoms with Gasteiger partial charge in [0.25, 0.3) is 0 Å². The molecule has 1 aromatic rings. The van der Waals surface area contributed by atoms with Crippen molar-refractivity contribution in [2.24, 2.45) is 0 Å². The predicted octanol–water partition coefficient (Wildman–Crippen LogP) is 1.37. The van der Waals surface area contributed by atoms with Crippen LogP contribution in [0.4, 0.5) is 10.2 Å². The monoisotopic (exact) mass is 140 g/mol. The largest absolute Gasteiger partial charge is 0.383 e.